The van der Waals surface area contributed by atoms with Gasteiger partial charge in [-0.1, -0.05) is 6.07 Å². The lowest BCUT2D eigenvalue weighted by Crippen LogP contribution is -2.48. The summed E-state index contributed by atoms with van der Waals surface area (Å²) in [5.74, 6) is -0.647. The van der Waals surface area contributed by atoms with E-state index in [9.17, 15) is 18.0 Å². The van der Waals surface area contributed by atoms with Gasteiger partial charge in [-0.3, -0.25) is 9.59 Å². The van der Waals surface area contributed by atoms with Crippen molar-refractivity contribution in [1.82, 2.24) is 13.1 Å². The standard InChI is InChI=1S/C21H22N4O6S2/c1-30-15-10-8-14(9-11-15)22-19(26)13-31-21(27)17-6-2-3-12-25(17)33(28,29)18-7-4-5-16-20(18)24-32-23-16/h4-5,7-11,17H,2-3,6,12-13H2,1H3,(H,22,26). The third kappa shape index (κ3) is 4.97. The molecule has 0 spiro atoms. The minimum atomic E-state index is -4.02. The van der Waals surface area contributed by atoms with Crippen molar-refractivity contribution < 1.29 is 27.5 Å². The van der Waals surface area contributed by atoms with Crippen LogP contribution in [0.2, 0.25) is 0 Å². The van der Waals surface area contributed by atoms with E-state index in [1.807, 2.05) is 0 Å². The molecule has 1 saturated heterocycles. The van der Waals surface area contributed by atoms with Gasteiger partial charge >= 0.3 is 5.97 Å². The maximum absolute atomic E-state index is 13.4. The summed E-state index contributed by atoms with van der Waals surface area (Å²) in [5.41, 5.74) is 1.27. The molecule has 1 fully saturated rings. The van der Waals surface area contributed by atoms with Gasteiger partial charge in [0, 0.05) is 12.2 Å². The number of aromatic nitrogens is 2. The Balaban J connectivity index is 1.44. The molecule has 10 nitrogen and oxygen atoms in total. The Labute approximate surface area is 194 Å². The van der Waals surface area contributed by atoms with E-state index in [4.69, 9.17) is 9.47 Å². The third-order valence-corrected chi connectivity index (χ3v) is 7.76. The fraction of sp³-hybridized carbons (Fsp3) is 0.333. The third-order valence-electron chi connectivity index (χ3n) is 5.28. The summed E-state index contributed by atoms with van der Waals surface area (Å²) in [6.07, 6.45) is 1.60. The van der Waals surface area contributed by atoms with E-state index in [1.165, 1.54) is 13.2 Å². The number of nitrogens with one attached hydrogen (secondary N) is 1. The zero-order valence-corrected chi connectivity index (χ0v) is 19.4. The quantitative estimate of drug-likeness (QED) is 0.500. The number of hydrogen-bond donors (Lipinski definition) is 1. The zero-order valence-electron chi connectivity index (χ0n) is 17.8. The van der Waals surface area contributed by atoms with Crippen molar-refractivity contribution in [3.05, 3.63) is 42.5 Å². The number of amides is 1. The summed E-state index contributed by atoms with van der Waals surface area (Å²) >= 11 is 0.925. The van der Waals surface area contributed by atoms with Gasteiger partial charge in [-0.15, -0.1) is 0 Å². The van der Waals surface area contributed by atoms with Gasteiger partial charge < -0.3 is 14.8 Å². The summed E-state index contributed by atoms with van der Waals surface area (Å²) in [6.45, 7) is -0.352. The maximum atomic E-state index is 13.4. The van der Waals surface area contributed by atoms with Crippen LogP contribution in [0.15, 0.2) is 47.4 Å². The number of anilines is 1. The van der Waals surface area contributed by atoms with Crippen LogP contribution >= 0.6 is 11.7 Å². The number of rotatable bonds is 7. The second-order valence-corrected chi connectivity index (χ2v) is 9.79. The number of esters is 1. The Morgan fingerprint density at radius 1 is 1.15 bits per heavy atom. The van der Waals surface area contributed by atoms with Crippen LogP contribution in [0.3, 0.4) is 0 Å². The SMILES string of the molecule is COc1ccc(NC(=O)COC(=O)C2CCCCN2S(=O)(=O)c2cccc3nsnc23)cc1. The van der Waals surface area contributed by atoms with Gasteiger partial charge in [-0.2, -0.15) is 13.1 Å². The molecule has 3 aromatic rings. The van der Waals surface area contributed by atoms with Crippen LogP contribution in [0.1, 0.15) is 19.3 Å². The van der Waals surface area contributed by atoms with Crippen LogP contribution in [-0.2, 0) is 24.3 Å². The Morgan fingerprint density at radius 3 is 2.70 bits per heavy atom. The first kappa shape index (κ1) is 23.1. The van der Waals surface area contributed by atoms with Crippen molar-refractivity contribution in [2.24, 2.45) is 0 Å². The molecule has 174 valence electrons. The normalized spacial score (nSPS) is 16.9. The number of carbonyl (C=O) groups excluding carboxylic acids is 2. The van der Waals surface area contributed by atoms with Crippen molar-refractivity contribution >= 4 is 50.3 Å². The largest absolute Gasteiger partial charge is 0.497 e. The summed E-state index contributed by atoms with van der Waals surface area (Å²) in [5, 5.41) is 2.62. The predicted octanol–water partition coefficient (Wildman–Crippen LogP) is 2.42. The highest BCUT2D eigenvalue weighted by molar-refractivity contribution is 7.89. The maximum Gasteiger partial charge on any atom is 0.324 e. The predicted molar refractivity (Wildman–Crippen MR) is 122 cm³/mol. The summed E-state index contributed by atoms with van der Waals surface area (Å²) < 4.78 is 46.4. The van der Waals surface area contributed by atoms with Gasteiger partial charge in [0.15, 0.2) is 6.61 Å². The average Bonchev–Trinajstić information content (AvgIpc) is 3.32. The number of methoxy groups -OCH3 is 1. The lowest BCUT2D eigenvalue weighted by atomic mass is 10.1. The highest BCUT2D eigenvalue weighted by Gasteiger charge is 2.39. The lowest BCUT2D eigenvalue weighted by molar-refractivity contribution is -0.152. The van der Waals surface area contributed by atoms with E-state index in [0.717, 1.165) is 16.0 Å². The highest BCUT2D eigenvalue weighted by Crippen LogP contribution is 2.29. The molecule has 12 heteroatoms. The summed E-state index contributed by atoms with van der Waals surface area (Å²) in [4.78, 5) is 25.0. The monoisotopic (exact) mass is 490 g/mol. The molecule has 1 aromatic heterocycles. The van der Waals surface area contributed by atoms with E-state index < -0.39 is 34.5 Å². The van der Waals surface area contributed by atoms with Crippen LogP contribution in [0.4, 0.5) is 5.69 Å². The number of hydrogen-bond acceptors (Lipinski definition) is 9. The van der Waals surface area contributed by atoms with Crippen LogP contribution in [0, 0.1) is 0 Å². The molecule has 1 N–H and O–H groups in total. The molecule has 1 aliphatic heterocycles. The van der Waals surface area contributed by atoms with Crippen molar-refractivity contribution in [1.29, 1.82) is 0 Å². The number of nitrogens with zero attached hydrogens (tertiary/aromatic N) is 3. The van der Waals surface area contributed by atoms with Crippen molar-refractivity contribution in [2.45, 2.75) is 30.2 Å². The smallest absolute Gasteiger partial charge is 0.324 e. The highest BCUT2D eigenvalue weighted by atomic mass is 32.2. The minimum absolute atomic E-state index is 0.00528. The lowest BCUT2D eigenvalue weighted by Gasteiger charge is -2.32. The van der Waals surface area contributed by atoms with E-state index in [0.29, 0.717) is 36.2 Å². The van der Waals surface area contributed by atoms with E-state index in [1.54, 1.807) is 36.4 Å². The second kappa shape index (κ2) is 9.81. The molecule has 1 aliphatic rings. The molecule has 0 bridgehead atoms. The molecule has 0 radical (unpaired) electrons. The minimum Gasteiger partial charge on any atom is -0.497 e. The molecular weight excluding hydrogens is 468 g/mol. The Kier molecular flexibility index (Phi) is 6.86. The van der Waals surface area contributed by atoms with Gasteiger partial charge in [-0.25, -0.2) is 8.42 Å². The Hall–Kier alpha value is -3.09. The molecule has 0 aliphatic carbocycles. The molecule has 0 saturated carbocycles. The summed E-state index contributed by atoms with van der Waals surface area (Å²) in [6, 6.07) is 10.4. The fourth-order valence-corrected chi connectivity index (χ4v) is 6.05. The van der Waals surface area contributed by atoms with Gasteiger partial charge in [0.1, 0.15) is 27.7 Å². The molecule has 1 amide bonds. The Bertz CT molecular complexity index is 1260. The van der Waals surface area contributed by atoms with Gasteiger partial charge in [-0.05, 0) is 55.7 Å². The topological polar surface area (TPSA) is 128 Å². The number of sulfonamides is 1. The molecular formula is C21H22N4O6S2. The fourth-order valence-electron chi connectivity index (χ4n) is 3.65. The average molecular weight is 491 g/mol. The van der Waals surface area contributed by atoms with Crippen LogP contribution in [-0.4, -0.2) is 59.6 Å². The second-order valence-electron chi connectivity index (χ2n) is 7.40. The molecule has 2 aromatic carbocycles. The molecule has 1 unspecified atom stereocenters. The number of fused-ring (bicyclic) bond motifs is 1. The number of piperidine rings is 1. The van der Waals surface area contributed by atoms with Crippen molar-refractivity contribution in [2.75, 3.05) is 25.6 Å². The Morgan fingerprint density at radius 2 is 1.94 bits per heavy atom. The van der Waals surface area contributed by atoms with E-state index in [-0.39, 0.29) is 17.0 Å². The molecule has 33 heavy (non-hydrogen) atoms. The number of carbonyl (C=O) groups is 2. The van der Waals surface area contributed by atoms with Crippen molar-refractivity contribution in [3.8, 4) is 5.75 Å². The molecule has 1 atom stereocenters. The van der Waals surface area contributed by atoms with Crippen LogP contribution in [0.5, 0.6) is 5.75 Å². The van der Waals surface area contributed by atoms with Gasteiger partial charge in [0.2, 0.25) is 10.0 Å². The first-order valence-electron chi connectivity index (χ1n) is 10.2. The van der Waals surface area contributed by atoms with Crippen molar-refractivity contribution in [3.63, 3.8) is 0 Å². The number of ether oxygens (including phenoxy) is 2. The van der Waals surface area contributed by atoms with Crippen LogP contribution < -0.4 is 10.1 Å². The summed E-state index contributed by atoms with van der Waals surface area (Å²) in [7, 11) is -2.48. The van der Waals surface area contributed by atoms with Crippen LogP contribution in [0.25, 0.3) is 11.0 Å². The zero-order chi connectivity index (χ0) is 23.4. The van der Waals surface area contributed by atoms with E-state index >= 15 is 0 Å². The number of benzene rings is 2. The molecule has 2 heterocycles. The first-order valence-corrected chi connectivity index (χ1v) is 12.4. The molecule has 4 rings (SSSR count). The van der Waals surface area contributed by atoms with E-state index in [2.05, 4.69) is 14.1 Å². The first-order chi connectivity index (χ1) is 15.9. The van der Waals surface area contributed by atoms with Gasteiger partial charge in [0.25, 0.3) is 5.91 Å². The van der Waals surface area contributed by atoms with Gasteiger partial charge in [0.05, 0.1) is 18.8 Å².